The molecular weight excluding hydrogens is 268 g/mol. The van der Waals surface area contributed by atoms with Crippen molar-refractivity contribution in [1.29, 1.82) is 0 Å². The minimum absolute atomic E-state index is 0.0960. The molecule has 0 amide bonds. The van der Waals surface area contributed by atoms with Gasteiger partial charge in [-0.3, -0.25) is 4.79 Å². The number of benzene rings is 1. The molecule has 0 aromatic heterocycles. The minimum Gasteiger partial charge on any atom is -0.481 e. The number of carbonyl (C=O) groups is 1. The van der Waals surface area contributed by atoms with E-state index in [1.165, 1.54) is 13.1 Å². The summed E-state index contributed by atoms with van der Waals surface area (Å²) in [5.74, 6) is -0.950. The Morgan fingerprint density at radius 3 is 2.42 bits per heavy atom. The Hall–Kier alpha value is -1.60. The molecule has 1 aromatic carbocycles. The average Bonchev–Trinajstić information content (AvgIpc) is 2.36. The second kappa shape index (κ2) is 5.58. The first-order chi connectivity index (χ1) is 8.70. The molecule has 6 nitrogen and oxygen atoms in total. The summed E-state index contributed by atoms with van der Waals surface area (Å²) in [6.45, 7) is 3.26. The molecule has 106 valence electrons. The average molecular weight is 286 g/mol. The summed E-state index contributed by atoms with van der Waals surface area (Å²) in [7, 11) is -2.25. The normalized spacial score (nSPS) is 12.2. The number of carboxylic acid groups (broad SMARTS) is 1. The highest BCUT2D eigenvalue weighted by molar-refractivity contribution is 7.89. The summed E-state index contributed by atoms with van der Waals surface area (Å²) in [4.78, 5) is 11.1. The van der Waals surface area contributed by atoms with Gasteiger partial charge < -0.3 is 10.4 Å². The van der Waals surface area contributed by atoms with E-state index in [1.54, 1.807) is 32.0 Å². The zero-order valence-corrected chi connectivity index (χ0v) is 11.9. The zero-order chi connectivity index (χ0) is 14.7. The topological polar surface area (TPSA) is 95.5 Å². The van der Waals surface area contributed by atoms with E-state index in [0.29, 0.717) is 5.69 Å². The fourth-order valence-corrected chi connectivity index (χ4v) is 2.26. The summed E-state index contributed by atoms with van der Waals surface area (Å²) in [6.07, 6.45) is 0. The fourth-order valence-electron chi connectivity index (χ4n) is 1.35. The first-order valence-corrected chi connectivity index (χ1v) is 7.19. The van der Waals surface area contributed by atoms with Gasteiger partial charge in [-0.15, -0.1) is 0 Å². The lowest BCUT2D eigenvalue weighted by molar-refractivity contribution is -0.146. The van der Waals surface area contributed by atoms with Crippen LogP contribution in [0.3, 0.4) is 0 Å². The molecule has 0 fully saturated rings. The van der Waals surface area contributed by atoms with Crippen LogP contribution in [0.4, 0.5) is 5.69 Å². The van der Waals surface area contributed by atoms with Gasteiger partial charge in [0.1, 0.15) is 4.90 Å². The molecule has 0 saturated heterocycles. The largest absolute Gasteiger partial charge is 0.481 e. The summed E-state index contributed by atoms with van der Waals surface area (Å²) >= 11 is 0. The minimum atomic E-state index is -3.58. The Bertz CT molecular complexity index is 567. The molecule has 0 radical (unpaired) electrons. The van der Waals surface area contributed by atoms with Gasteiger partial charge in [-0.05, 0) is 33.0 Å². The predicted molar refractivity (Wildman–Crippen MR) is 72.6 cm³/mol. The molecule has 0 aliphatic heterocycles. The van der Waals surface area contributed by atoms with Crippen LogP contribution < -0.4 is 10.0 Å². The number of hydrogen-bond acceptors (Lipinski definition) is 4. The van der Waals surface area contributed by atoms with Gasteiger partial charge in [0.2, 0.25) is 10.0 Å². The summed E-state index contributed by atoms with van der Waals surface area (Å²) < 4.78 is 25.9. The zero-order valence-electron chi connectivity index (χ0n) is 11.1. The number of anilines is 1. The molecule has 3 N–H and O–H groups in total. The number of aliphatic carboxylic acids is 1. The Balaban J connectivity index is 3.01. The van der Waals surface area contributed by atoms with Crippen LogP contribution in [0.2, 0.25) is 0 Å². The van der Waals surface area contributed by atoms with Crippen LogP contribution in [0.1, 0.15) is 13.8 Å². The summed E-state index contributed by atoms with van der Waals surface area (Å²) in [6, 6.07) is 6.35. The van der Waals surface area contributed by atoms with Gasteiger partial charge >= 0.3 is 5.97 Å². The number of hydrogen-bond donors (Lipinski definition) is 3. The van der Waals surface area contributed by atoms with E-state index in [0.717, 1.165) is 0 Å². The molecule has 0 aliphatic rings. The van der Waals surface area contributed by atoms with Crippen molar-refractivity contribution in [3.8, 4) is 0 Å². The molecule has 19 heavy (non-hydrogen) atoms. The van der Waals surface area contributed by atoms with Crippen molar-refractivity contribution in [2.75, 3.05) is 18.9 Å². The van der Waals surface area contributed by atoms with Crippen LogP contribution in [-0.2, 0) is 14.8 Å². The van der Waals surface area contributed by atoms with Crippen LogP contribution in [0.5, 0.6) is 0 Å². The van der Waals surface area contributed by atoms with Crippen molar-refractivity contribution in [3.05, 3.63) is 24.3 Å². The van der Waals surface area contributed by atoms with Gasteiger partial charge in [0.15, 0.2) is 0 Å². The maximum atomic E-state index is 11.8. The predicted octanol–water partition coefficient (Wildman–Crippen LogP) is 1.12. The summed E-state index contributed by atoms with van der Waals surface area (Å²) in [5, 5.41) is 11.9. The molecule has 0 bridgehead atoms. The summed E-state index contributed by atoms with van der Waals surface area (Å²) in [5.41, 5.74) is -0.609. The lowest BCUT2D eigenvalue weighted by Crippen LogP contribution is -2.32. The van der Waals surface area contributed by atoms with E-state index < -0.39 is 21.4 Å². The molecule has 0 heterocycles. The molecule has 7 heteroatoms. The fraction of sp³-hybridized carbons (Fsp3) is 0.417. The van der Waals surface area contributed by atoms with Gasteiger partial charge in [-0.2, -0.15) is 0 Å². The molecule has 1 rings (SSSR count). The van der Waals surface area contributed by atoms with Gasteiger partial charge in [0.05, 0.1) is 11.1 Å². The third-order valence-electron chi connectivity index (χ3n) is 2.75. The number of carboxylic acids is 1. The van der Waals surface area contributed by atoms with Crippen LogP contribution in [0.15, 0.2) is 29.2 Å². The Morgan fingerprint density at radius 1 is 1.32 bits per heavy atom. The molecular formula is C12H18N2O4S. The number of para-hydroxylation sites is 1. The molecule has 1 aromatic rings. The molecule has 0 saturated carbocycles. The quantitative estimate of drug-likeness (QED) is 0.728. The molecule has 0 atom stereocenters. The molecule has 0 spiro atoms. The SMILES string of the molecule is CNS(=O)(=O)c1ccccc1NCC(C)(C)C(=O)O. The van der Waals surface area contributed by atoms with E-state index >= 15 is 0 Å². The van der Waals surface area contributed by atoms with Crippen molar-refractivity contribution >= 4 is 21.7 Å². The number of nitrogens with one attached hydrogen (secondary N) is 2. The van der Waals surface area contributed by atoms with E-state index in [-0.39, 0.29) is 11.4 Å². The first kappa shape index (κ1) is 15.5. The van der Waals surface area contributed by atoms with Gasteiger partial charge in [-0.25, -0.2) is 13.1 Å². The van der Waals surface area contributed by atoms with Crippen molar-refractivity contribution in [2.24, 2.45) is 5.41 Å². The van der Waals surface area contributed by atoms with Gasteiger partial charge in [0.25, 0.3) is 0 Å². The van der Waals surface area contributed by atoms with Crippen LogP contribution in [0.25, 0.3) is 0 Å². The second-order valence-electron chi connectivity index (χ2n) is 4.75. The van der Waals surface area contributed by atoms with Crippen molar-refractivity contribution < 1.29 is 18.3 Å². The van der Waals surface area contributed by atoms with Crippen LogP contribution in [-0.4, -0.2) is 33.1 Å². The van der Waals surface area contributed by atoms with Gasteiger partial charge in [-0.1, -0.05) is 12.1 Å². The number of rotatable bonds is 6. The standard InChI is InChI=1S/C12H18N2O4S/c1-12(2,11(15)16)8-14-9-6-4-5-7-10(9)19(17,18)13-3/h4-7,13-14H,8H2,1-3H3,(H,15,16). The first-order valence-electron chi connectivity index (χ1n) is 5.70. The smallest absolute Gasteiger partial charge is 0.310 e. The highest BCUT2D eigenvalue weighted by Crippen LogP contribution is 2.23. The van der Waals surface area contributed by atoms with E-state index in [9.17, 15) is 13.2 Å². The number of sulfonamides is 1. The van der Waals surface area contributed by atoms with E-state index in [1.807, 2.05) is 0 Å². The molecule has 0 aliphatic carbocycles. The second-order valence-corrected chi connectivity index (χ2v) is 6.60. The Kier molecular flexibility index (Phi) is 4.54. The lowest BCUT2D eigenvalue weighted by Gasteiger charge is -2.21. The highest BCUT2D eigenvalue weighted by atomic mass is 32.2. The van der Waals surface area contributed by atoms with Crippen LogP contribution >= 0.6 is 0 Å². The lowest BCUT2D eigenvalue weighted by atomic mass is 9.94. The van der Waals surface area contributed by atoms with Crippen molar-refractivity contribution in [2.45, 2.75) is 18.7 Å². The Morgan fingerprint density at radius 2 is 1.89 bits per heavy atom. The van der Waals surface area contributed by atoms with Crippen molar-refractivity contribution in [3.63, 3.8) is 0 Å². The van der Waals surface area contributed by atoms with E-state index in [2.05, 4.69) is 10.0 Å². The molecule has 0 unspecified atom stereocenters. The van der Waals surface area contributed by atoms with Crippen molar-refractivity contribution in [1.82, 2.24) is 4.72 Å². The van der Waals surface area contributed by atoms with E-state index in [4.69, 9.17) is 5.11 Å². The van der Waals surface area contributed by atoms with Gasteiger partial charge in [0, 0.05) is 6.54 Å². The maximum absolute atomic E-state index is 11.8. The third kappa shape index (κ3) is 3.68. The third-order valence-corrected chi connectivity index (χ3v) is 4.22. The Labute approximate surface area is 112 Å². The highest BCUT2D eigenvalue weighted by Gasteiger charge is 2.27. The van der Waals surface area contributed by atoms with Crippen LogP contribution in [0, 0.1) is 5.41 Å². The monoisotopic (exact) mass is 286 g/mol. The maximum Gasteiger partial charge on any atom is 0.310 e.